The van der Waals surface area contributed by atoms with E-state index in [1.165, 1.54) is 0 Å². The van der Waals surface area contributed by atoms with Gasteiger partial charge >= 0.3 is 0 Å². The minimum Gasteiger partial charge on any atom is -0.303 e. The van der Waals surface area contributed by atoms with Crippen LogP contribution in [-0.4, -0.2) is 29.8 Å². The number of hydrogen-bond donors (Lipinski definition) is 0. The summed E-state index contributed by atoms with van der Waals surface area (Å²) in [6, 6.07) is 0.989. The fourth-order valence-electron chi connectivity index (χ4n) is 1.49. The zero-order valence-corrected chi connectivity index (χ0v) is 9.29. The largest absolute Gasteiger partial charge is 0.303 e. The van der Waals surface area contributed by atoms with Gasteiger partial charge in [-0.3, -0.25) is 4.90 Å². The van der Waals surface area contributed by atoms with Crippen LogP contribution in [0.4, 0.5) is 0 Å². The summed E-state index contributed by atoms with van der Waals surface area (Å²) in [4.78, 5) is 13.0. The summed E-state index contributed by atoms with van der Waals surface area (Å²) in [6.45, 7) is 13.2. The second kappa shape index (κ2) is 6.14. The van der Waals surface area contributed by atoms with Crippen LogP contribution < -0.4 is 0 Å². The van der Waals surface area contributed by atoms with E-state index in [1.54, 1.807) is 0 Å². The summed E-state index contributed by atoms with van der Waals surface area (Å²) in [7, 11) is 0. The van der Waals surface area contributed by atoms with Crippen LogP contribution in [0.25, 0.3) is 0 Å². The van der Waals surface area contributed by atoms with E-state index in [1.807, 2.05) is 0 Å². The molecule has 0 spiro atoms. The first-order chi connectivity index (χ1) is 6.02. The fourth-order valence-corrected chi connectivity index (χ4v) is 1.49. The molecule has 0 aliphatic carbocycles. The number of aldehydes is 1. The van der Waals surface area contributed by atoms with Gasteiger partial charge < -0.3 is 4.79 Å². The number of carbonyl (C=O) groups is 1. The Kier molecular flexibility index (Phi) is 5.97. The second-order valence-electron chi connectivity index (χ2n) is 4.07. The topological polar surface area (TPSA) is 20.3 Å². The average molecular weight is 184 g/mol. The number of nitrogens with zero attached hydrogens (tertiary/aromatic N) is 1. The summed E-state index contributed by atoms with van der Waals surface area (Å²) in [5.41, 5.74) is 0. The Morgan fingerprint density at radius 3 is 1.92 bits per heavy atom. The van der Waals surface area contributed by atoms with Crippen LogP contribution in [0.5, 0.6) is 0 Å². The van der Waals surface area contributed by atoms with Gasteiger partial charge in [-0.15, -0.1) is 0 Å². The molecule has 0 N–H and O–H groups in total. The Labute approximate surface area is 82.3 Å². The molecule has 1 radical (unpaired) electrons. The van der Waals surface area contributed by atoms with Gasteiger partial charge in [0.1, 0.15) is 6.29 Å². The molecule has 1 atom stereocenters. The van der Waals surface area contributed by atoms with E-state index in [-0.39, 0.29) is 5.92 Å². The zero-order chi connectivity index (χ0) is 10.4. The highest BCUT2D eigenvalue weighted by molar-refractivity contribution is 5.53. The van der Waals surface area contributed by atoms with Crippen LogP contribution in [0.2, 0.25) is 0 Å². The van der Waals surface area contributed by atoms with Gasteiger partial charge in [-0.2, -0.15) is 0 Å². The smallest absolute Gasteiger partial charge is 0.124 e. The Morgan fingerprint density at radius 1 is 1.23 bits per heavy atom. The van der Waals surface area contributed by atoms with E-state index < -0.39 is 0 Å². The molecular formula is C11H22NO. The van der Waals surface area contributed by atoms with Crippen molar-refractivity contribution in [3.05, 3.63) is 6.92 Å². The third-order valence-corrected chi connectivity index (χ3v) is 2.34. The van der Waals surface area contributed by atoms with Crippen molar-refractivity contribution in [3.63, 3.8) is 0 Å². The highest BCUT2D eigenvalue weighted by Crippen LogP contribution is 2.10. The molecule has 13 heavy (non-hydrogen) atoms. The first-order valence-corrected chi connectivity index (χ1v) is 5.03. The lowest BCUT2D eigenvalue weighted by molar-refractivity contribution is -0.111. The van der Waals surface area contributed by atoms with Crippen LogP contribution in [-0.2, 0) is 4.79 Å². The van der Waals surface area contributed by atoms with E-state index >= 15 is 0 Å². The van der Waals surface area contributed by atoms with Crippen molar-refractivity contribution in [1.29, 1.82) is 0 Å². The van der Waals surface area contributed by atoms with Crippen molar-refractivity contribution >= 4 is 6.29 Å². The van der Waals surface area contributed by atoms with E-state index in [9.17, 15) is 4.79 Å². The summed E-state index contributed by atoms with van der Waals surface area (Å²) >= 11 is 0. The summed E-state index contributed by atoms with van der Waals surface area (Å²) in [5.74, 6) is 0.0878. The van der Waals surface area contributed by atoms with Crippen molar-refractivity contribution < 1.29 is 4.79 Å². The quantitative estimate of drug-likeness (QED) is 0.589. The van der Waals surface area contributed by atoms with Gasteiger partial charge in [0, 0.05) is 24.5 Å². The molecule has 2 heteroatoms. The van der Waals surface area contributed by atoms with Gasteiger partial charge in [0.2, 0.25) is 0 Å². The lowest BCUT2D eigenvalue weighted by atomic mass is 10.1. The normalized spacial score (nSPS) is 14.2. The van der Waals surface area contributed by atoms with Crippen LogP contribution in [0, 0.1) is 12.8 Å². The van der Waals surface area contributed by atoms with Crippen molar-refractivity contribution in [2.45, 2.75) is 46.2 Å². The van der Waals surface area contributed by atoms with E-state index in [0.717, 1.165) is 12.8 Å². The minimum atomic E-state index is 0.0878. The van der Waals surface area contributed by atoms with Gasteiger partial charge in [0.25, 0.3) is 0 Å². The molecular weight excluding hydrogens is 162 g/mol. The lowest BCUT2D eigenvalue weighted by Crippen LogP contribution is -2.40. The van der Waals surface area contributed by atoms with Crippen LogP contribution >= 0.6 is 0 Å². The molecule has 0 aromatic heterocycles. The molecule has 0 heterocycles. The molecule has 0 aliphatic rings. The maximum absolute atomic E-state index is 10.7. The number of rotatable bonds is 6. The molecule has 0 saturated heterocycles. The van der Waals surface area contributed by atoms with Crippen LogP contribution in [0.3, 0.4) is 0 Å². The summed E-state index contributed by atoms with van der Waals surface area (Å²) < 4.78 is 0. The Bertz CT molecular complexity index is 135. The molecule has 0 aromatic carbocycles. The van der Waals surface area contributed by atoms with Gasteiger partial charge in [0.15, 0.2) is 0 Å². The van der Waals surface area contributed by atoms with Crippen molar-refractivity contribution in [3.8, 4) is 0 Å². The molecule has 0 amide bonds. The first-order valence-electron chi connectivity index (χ1n) is 5.03. The molecule has 2 nitrogen and oxygen atoms in total. The summed E-state index contributed by atoms with van der Waals surface area (Å²) in [6.07, 6.45) is 1.71. The molecule has 0 rings (SSSR count). The molecule has 1 unspecified atom stereocenters. The fraction of sp³-hybridized carbons (Fsp3) is 0.818. The first kappa shape index (κ1) is 12.6. The number of carbonyl (C=O) groups excluding carboxylic acids is 1. The maximum Gasteiger partial charge on any atom is 0.124 e. The van der Waals surface area contributed by atoms with E-state index in [4.69, 9.17) is 0 Å². The maximum atomic E-state index is 10.7. The number of hydrogen-bond acceptors (Lipinski definition) is 2. The summed E-state index contributed by atoms with van der Waals surface area (Å²) in [5, 5.41) is 0. The van der Waals surface area contributed by atoms with Crippen molar-refractivity contribution in [1.82, 2.24) is 4.90 Å². The average Bonchev–Trinajstić information content (AvgIpc) is 2.05. The standard InChI is InChI=1S/C11H22NO/c1-6-11(8-13)7-12(9(2)3)10(4)5/h8-11H,1,6-7H2,2-5H3. The predicted octanol–water partition coefficient (Wildman–Crippen LogP) is 2.14. The monoisotopic (exact) mass is 184 g/mol. The third kappa shape index (κ3) is 4.41. The Hall–Kier alpha value is -0.370. The molecule has 0 aliphatic heterocycles. The second-order valence-corrected chi connectivity index (χ2v) is 4.07. The highest BCUT2D eigenvalue weighted by atomic mass is 16.1. The molecule has 0 fully saturated rings. The van der Waals surface area contributed by atoms with Crippen molar-refractivity contribution in [2.24, 2.45) is 5.92 Å². The Balaban J connectivity index is 4.15. The molecule has 0 aromatic rings. The van der Waals surface area contributed by atoms with Crippen molar-refractivity contribution in [2.75, 3.05) is 6.54 Å². The van der Waals surface area contributed by atoms with Crippen LogP contribution in [0.1, 0.15) is 34.1 Å². The van der Waals surface area contributed by atoms with Gasteiger partial charge in [-0.1, -0.05) is 6.92 Å². The van der Waals surface area contributed by atoms with Crippen LogP contribution in [0.15, 0.2) is 0 Å². The minimum absolute atomic E-state index is 0.0878. The molecule has 0 bridgehead atoms. The van der Waals surface area contributed by atoms with E-state index in [2.05, 4.69) is 39.5 Å². The van der Waals surface area contributed by atoms with Gasteiger partial charge in [-0.05, 0) is 34.1 Å². The molecule has 77 valence electrons. The SMILES string of the molecule is [CH2]CC(C=O)CN(C(C)C)C(C)C. The predicted molar refractivity (Wildman–Crippen MR) is 56.5 cm³/mol. The highest BCUT2D eigenvalue weighted by Gasteiger charge is 2.17. The van der Waals surface area contributed by atoms with Gasteiger partial charge in [0.05, 0.1) is 0 Å². The lowest BCUT2D eigenvalue weighted by Gasteiger charge is -2.32. The van der Waals surface area contributed by atoms with Gasteiger partial charge in [-0.25, -0.2) is 0 Å². The third-order valence-electron chi connectivity index (χ3n) is 2.34. The Morgan fingerprint density at radius 2 is 1.69 bits per heavy atom. The zero-order valence-electron chi connectivity index (χ0n) is 9.29. The van der Waals surface area contributed by atoms with E-state index in [0.29, 0.717) is 18.5 Å². The molecule has 0 saturated carbocycles.